The number of para-hydroxylation sites is 1. The predicted molar refractivity (Wildman–Crippen MR) is 131 cm³/mol. The Labute approximate surface area is 193 Å². The summed E-state index contributed by atoms with van der Waals surface area (Å²) in [6.45, 7) is 10.3. The Hall–Kier alpha value is -1.75. The molecule has 4 nitrogen and oxygen atoms in total. The van der Waals surface area contributed by atoms with Gasteiger partial charge in [0.1, 0.15) is 6.61 Å². The second-order valence-corrected chi connectivity index (χ2v) is 8.31. The van der Waals surface area contributed by atoms with E-state index in [0.29, 0.717) is 11.6 Å². The van der Waals surface area contributed by atoms with Crippen molar-refractivity contribution in [3.63, 3.8) is 0 Å². The molecule has 0 spiro atoms. The van der Waals surface area contributed by atoms with E-state index in [4.69, 9.17) is 21.1 Å². The van der Waals surface area contributed by atoms with Crippen molar-refractivity contribution in [3.05, 3.63) is 58.6 Å². The van der Waals surface area contributed by atoms with Gasteiger partial charge in [-0.2, -0.15) is 0 Å². The van der Waals surface area contributed by atoms with Crippen LogP contribution < -0.4 is 14.8 Å². The van der Waals surface area contributed by atoms with Crippen LogP contribution in [0.3, 0.4) is 0 Å². The number of nitrogens with zero attached hydrogens (tertiary/aromatic N) is 1. The van der Waals surface area contributed by atoms with Crippen molar-refractivity contribution in [1.82, 2.24) is 10.2 Å². The quantitative estimate of drug-likeness (QED) is 0.306. The summed E-state index contributed by atoms with van der Waals surface area (Å²) in [5.41, 5.74) is 2.06. The molecule has 0 aliphatic carbocycles. The summed E-state index contributed by atoms with van der Waals surface area (Å²) in [6, 6.07) is 13.8. The van der Waals surface area contributed by atoms with Crippen molar-refractivity contribution >= 4 is 11.6 Å². The van der Waals surface area contributed by atoms with E-state index in [1.807, 2.05) is 36.4 Å². The lowest BCUT2D eigenvalue weighted by atomic mass is 10.1. The first-order chi connectivity index (χ1) is 15.2. The molecule has 2 aromatic rings. The number of unbranched alkanes of at least 4 members (excludes halogenated alkanes) is 2. The molecule has 0 heterocycles. The molecule has 0 atom stereocenters. The zero-order chi connectivity index (χ0) is 22.3. The minimum Gasteiger partial charge on any atom is -0.493 e. The third kappa shape index (κ3) is 9.10. The molecule has 5 heteroatoms. The number of hydrogen-bond acceptors (Lipinski definition) is 4. The molecule has 2 aromatic carbocycles. The Morgan fingerprint density at radius 3 is 2.23 bits per heavy atom. The first kappa shape index (κ1) is 25.5. The molecule has 0 saturated heterocycles. The van der Waals surface area contributed by atoms with Crippen LogP contribution in [-0.4, -0.2) is 38.2 Å². The lowest BCUT2D eigenvalue weighted by Gasteiger charge is -2.22. The Morgan fingerprint density at radius 2 is 1.55 bits per heavy atom. The van der Waals surface area contributed by atoms with Crippen molar-refractivity contribution in [2.75, 3.05) is 33.3 Å². The summed E-state index contributed by atoms with van der Waals surface area (Å²) in [6.07, 6.45) is 6.23. The predicted octanol–water partition coefficient (Wildman–Crippen LogP) is 6.31. The van der Waals surface area contributed by atoms with E-state index in [1.165, 1.54) is 38.8 Å². The highest BCUT2D eigenvalue weighted by Crippen LogP contribution is 2.32. The van der Waals surface area contributed by atoms with Gasteiger partial charge in [0, 0.05) is 22.7 Å². The normalized spacial score (nSPS) is 11.1. The van der Waals surface area contributed by atoms with Crippen molar-refractivity contribution in [2.24, 2.45) is 0 Å². The molecule has 0 aliphatic rings. The van der Waals surface area contributed by atoms with Gasteiger partial charge in [-0.3, -0.25) is 0 Å². The van der Waals surface area contributed by atoms with Gasteiger partial charge in [-0.25, -0.2) is 0 Å². The van der Waals surface area contributed by atoms with Crippen LogP contribution in [0.1, 0.15) is 57.1 Å². The SMILES string of the molecule is CCCCN(CCCC)CCCNCc1cccc(OC)c1OCc1ccccc1Cl. The van der Waals surface area contributed by atoms with Gasteiger partial charge in [0.25, 0.3) is 0 Å². The molecule has 172 valence electrons. The fourth-order valence-electron chi connectivity index (χ4n) is 3.54. The highest BCUT2D eigenvalue weighted by Gasteiger charge is 2.12. The van der Waals surface area contributed by atoms with Gasteiger partial charge in [-0.15, -0.1) is 0 Å². The fourth-order valence-corrected chi connectivity index (χ4v) is 3.73. The molecular weight excluding hydrogens is 408 g/mol. The van der Waals surface area contributed by atoms with Gasteiger partial charge in [-0.1, -0.05) is 68.6 Å². The van der Waals surface area contributed by atoms with E-state index in [9.17, 15) is 0 Å². The Morgan fingerprint density at radius 1 is 0.871 bits per heavy atom. The number of rotatable bonds is 16. The second kappa shape index (κ2) is 15.1. The molecule has 0 radical (unpaired) electrons. The van der Waals surface area contributed by atoms with Gasteiger partial charge >= 0.3 is 0 Å². The standard InChI is InChI=1S/C26H39ClN2O2/c1-4-6-17-29(18-7-5-2)19-11-16-28-20-22-13-10-15-25(30-3)26(22)31-21-23-12-8-9-14-24(23)27/h8-10,12-15,28H,4-7,11,16-21H2,1-3H3. The molecule has 0 unspecified atom stereocenters. The molecule has 0 bridgehead atoms. The Kier molecular flexibility index (Phi) is 12.4. The summed E-state index contributed by atoms with van der Waals surface area (Å²) >= 11 is 6.28. The van der Waals surface area contributed by atoms with E-state index >= 15 is 0 Å². The van der Waals surface area contributed by atoms with Crippen molar-refractivity contribution < 1.29 is 9.47 Å². The van der Waals surface area contributed by atoms with E-state index in [2.05, 4.69) is 30.1 Å². The average Bonchev–Trinajstić information content (AvgIpc) is 2.79. The van der Waals surface area contributed by atoms with Crippen molar-refractivity contribution in [3.8, 4) is 11.5 Å². The molecular formula is C26H39ClN2O2. The molecule has 0 amide bonds. The first-order valence-electron chi connectivity index (χ1n) is 11.6. The van der Waals surface area contributed by atoms with Gasteiger partial charge < -0.3 is 19.7 Å². The van der Waals surface area contributed by atoms with E-state index in [-0.39, 0.29) is 0 Å². The molecule has 0 aliphatic heterocycles. The van der Waals surface area contributed by atoms with Gasteiger partial charge in [0.15, 0.2) is 11.5 Å². The molecule has 1 N–H and O–H groups in total. The number of benzene rings is 2. The van der Waals surface area contributed by atoms with E-state index in [1.54, 1.807) is 7.11 Å². The number of methoxy groups -OCH3 is 1. The van der Waals surface area contributed by atoms with E-state index in [0.717, 1.165) is 48.7 Å². The van der Waals surface area contributed by atoms with Crippen LogP contribution in [0.4, 0.5) is 0 Å². The Balaban J connectivity index is 1.87. The van der Waals surface area contributed by atoms with Gasteiger partial charge in [0.05, 0.1) is 7.11 Å². The van der Waals surface area contributed by atoms with Crippen LogP contribution in [-0.2, 0) is 13.2 Å². The lowest BCUT2D eigenvalue weighted by Crippen LogP contribution is -2.29. The smallest absolute Gasteiger partial charge is 0.166 e. The van der Waals surface area contributed by atoms with Crippen LogP contribution >= 0.6 is 11.6 Å². The number of hydrogen-bond donors (Lipinski definition) is 1. The van der Waals surface area contributed by atoms with Crippen LogP contribution in [0.15, 0.2) is 42.5 Å². The molecule has 2 rings (SSSR count). The third-order valence-electron chi connectivity index (χ3n) is 5.41. The van der Waals surface area contributed by atoms with E-state index < -0.39 is 0 Å². The maximum Gasteiger partial charge on any atom is 0.166 e. The number of nitrogens with one attached hydrogen (secondary N) is 1. The fraction of sp³-hybridized carbons (Fsp3) is 0.538. The molecule has 0 fully saturated rings. The molecule has 31 heavy (non-hydrogen) atoms. The Bertz CT molecular complexity index is 746. The largest absolute Gasteiger partial charge is 0.493 e. The monoisotopic (exact) mass is 446 g/mol. The first-order valence-corrected chi connectivity index (χ1v) is 12.0. The summed E-state index contributed by atoms with van der Waals surface area (Å²) in [4.78, 5) is 2.61. The topological polar surface area (TPSA) is 33.7 Å². The van der Waals surface area contributed by atoms with Crippen LogP contribution in [0.25, 0.3) is 0 Å². The minimum absolute atomic E-state index is 0.414. The summed E-state index contributed by atoms with van der Waals surface area (Å²) in [5, 5.41) is 4.30. The van der Waals surface area contributed by atoms with Gasteiger partial charge in [-0.05, 0) is 57.6 Å². The number of halogens is 1. The molecule has 0 aromatic heterocycles. The average molecular weight is 447 g/mol. The minimum atomic E-state index is 0.414. The van der Waals surface area contributed by atoms with Gasteiger partial charge in [0.2, 0.25) is 0 Å². The maximum atomic E-state index is 6.28. The summed E-state index contributed by atoms with van der Waals surface area (Å²) in [7, 11) is 1.68. The van der Waals surface area contributed by atoms with Crippen molar-refractivity contribution in [2.45, 2.75) is 59.1 Å². The lowest BCUT2D eigenvalue weighted by molar-refractivity contribution is 0.260. The third-order valence-corrected chi connectivity index (χ3v) is 5.78. The zero-order valence-electron chi connectivity index (χ0n) is 19.5. The molecule has 0 saturated carbocycles. The van der Waals surface area contributed by atoms with Crippen molar-refractivity contribution in [1.29, 1.82) is 0 Å². The van der Waals surface area contributed by atoms with Crippen LogP contribution in [0.2, 0.25) is 5.02 Å². The van der Waals surface area contributed by atoms with Crippen LogP contribution in [0, 0.1) is 0 Å². The highest BCUT2D eigenvalue weighted by atomic mass is 35.5. The summed E-state index contributed by atoms with van der Waals surface area (Å²) < 4.78 is 11.7. The van der Waals surface area contributed by atoms with Crippen LogP contribution in [0.5, 0.6) is 11.5 Å². The number of ether oxygens (including phenoxy) is 2. The highest BCUT2D eigenvalue weighted by molar-refractivity contribution is 6.31. The maximum absolute atomic E-state index is 6.28. The summed E-state index contributed by atoms with van der Waals surface area (Å²) in [5.74, 6) is 1.53. The second-order valence-electron chi connectivity index (χ2n) is 7.91. The zero-order valence-corrected chi connectivity index (χ0v) is 20.2.